The van der Waals surface area contributed by atoms with Crippen LogP contribution < -0.4 is 11.1 Å². The van der Waals surface area contributed by atoms with E-state index in [2.05, 4.69) is 25.2 Å². The molecule has 0 aliphatic heterocycles. The Labute approximate surface area is 212 Å². The number of nitrogens with two attached hydrogens (primary N) is 1. The Hall–Kier alpha value is -3.23. The first-order valence-corrected chi connectivity index (χ1v) is 13.4. The van der Waals surface area contributed by atoms with Gasteiger partial charge >= 0.3 is 5.97 Å². The van der Waals surface area contributed by atoms with E-state index in [9.17, 15) is 9.59 Å². The maximum atomic E-state index is 13.4. The molecule has 1 aliphatic rings. The normalized spacial score (nSPS) is 12.5. The lowest BCUT2D eigenvalue weighted by Gasteiger charge is -2.17. The average molecular weight is 506 g/mol. The zero-order chi connectivity index (χ0) is 24.7. The summed E-state index contributed by atoms with van der Waals surface area (Å²) in [6, 6.07) is 12.0. The monoisotopic (exact) mass is 505 g/mol. The van der Waals surface area contributed by atoms with E-state index in [1.807, 2.05) is 30.3 Å². The number of nitrogen functional groups attached to an aromatic ring is 1. The predicted octanol–water partition coefficient (Wildman–Crippen LogP) is 6.33. The van der Waals surface area contributed by atoms with Crippen LogP contribution in [0, 0.1) is 5.92 Å². The number of hydrogen-bond acceptors (Lipinski definition) is 7. The van der Waals surface area contributed by atoms with Gasteiger partial charge in [0.25, 0.3) is 5.91 Å². The predicted molar refractivity (Wildman–Crippen MR) is 144 cm³/mol. The van der Waals surface area contributed by atoms with Gasteiger partial charge in [0.1, 0.15) is 20.3 Å². The molecule has 1 amide bonds. The summed E-state index contributed by atoms with van der Waals surface area (Å²) in [6.45, 7) is 6.33. The molecule has 180 valence electrons. The fourth-order valence-corrected chi connectivity index (χ4v) is 6.76. The first kappa shape index (κ1) is 23.5. The highest BCUT2D eigenvalue weighted by Gasteiger charge is 2.31. The van der Waals surface area contributed by atoms with Crippen molar-refractivity contribution in [2.24, 2.45) is 5.92 Å². The van der Waals surface area contributed by atoms with Crippen molar-refractivity contribution in [3.05, 3.63) is 63.0 Å². The molecule has 0 fully saturated rings. The van der Waals surface area contributed by atoms with Crippen molar-refractivity contribution in [3.63, 3.8) is 0 Å². The van der Waals surface area contributed by atoms with Crippen LogP contribution in [0.15, 0.2) is 36.4 Å². The van der Waals surface area contributed by atoms with Crippen LogP contribution in [-0.2, 0) is 24.0 Å². The van der Waals surface area contributed by atoms with Crippen LogP contribution in [0.4, 0.5) is 10.7 Å². The number of ether oxygens (including phenoxy) is 1. The number of hydrogen-bond donors (Lipinski definition) is 2. The fraction of sp³-hybridized carbons (Fsp3) is 0.296. The lowest BCUT2D eigenvalue weighted by atomic mass is 9.88. The van der Waals surface area contributed by atoms with E-state index < -0.39 is 5.97 Å². The number of anilines is 2. The highest BCUT2D eigenvalue weighted by atomic mass is 32.1. The summed E-state index contributed by atoms with van der Waals surface area (Å²) in [6.07, 6.45) is 2.57. The van der Waals surface area contributed by atoms with E-state index >= 15 is 0 Å². The Kier molecular flexibility index (Phi) is 6.34. The zero-order valence-electron chi connectivity index (χ0n) is 19.9. The molecule has 3 N–H and O–H groups in total. The summed E-state index contributed by atoms with van der Waals surface area (Å²) >= 11 is 2.72. The van der Waals surface area contributed by atoms with Crippen LogP contribution >= 0.6 is 22.7 Å². The van der Waals surface area contributed by atoms with E-state index in [-0.39, 0.29) is 12.5 Å². The summed E-state index contributed by atoms with van der Waals surface area (Å²) in [5.74, 6) is -0.286. The van der Waals surface area contributed by atoms with Crippen LogP contribution in [-0.4, -0.2) is 23.5 Å². The molecule has 35 heavy (non-hydrogen) atoms. The van der Waals surface area contributed by atoms with Crippen molar-refractivity contribution in [1.29, 1.82) is 0 Å². The Balaban J connectivity index is 1.54. The van der Waals surface area contributed by atoms with Gasteiger partial charge in [-0.3, -0.25) is 4.79 Å². The fourth-order valence-electron chi connectivity index (χ4n) is 4.55. The molecule has 4 aromatic rings. The molecular weight excluding hydrogens is 478 g/mol. The van der Waals surface area contributed by atoms with Gasteiger partial charge in [-0.1, -0.05) is 38.1 Å². The Morgan fingerprint density at radius 3 is 2.71 bits per heavy atom. The number of amides is 1. The van der Waals surface area contributed by atoms with E-state index in [0.717, 1.165) is 51.2 Å². The van der Waals surface area contributed by atoms with E-state index in [4.69, 9.17) is 15.5 Å². The van der Waals surface area contributed by atoms with E-state index in [0.29, 0.717) is 27.0 Å². The molecule has 0 atom stereocenters. The van der Waals surface area contributed by atoms with Crippen LogP contribution in [0.25, 0.3) is 21.3 Å². The number of pyridine rings is 1. The highest BCUT2D eigenvalue weighted by molar-refractivity contribution is 7.21. The smallest absolute Gasteiger partial charge is 0.341 e. The third-order valence-corrected chi connectivity index (χ3v) is 8.35. The van der Waals surface area contributed by atoms with Crippen molar-refractivity contribution in [2.75, 3.05) is 17.7 Å². The number of nitrogens with zero attached hydrogens (tertiary/aromatic N) is 1. The minimum absolute atomic E-state index is 0.256. The van der Waals surface area contributed by atoms with Crippen molar-refractivity contribution in [2.45, 2.75) is 40.0 Å². The molecule has 1 aromatic carbocycles. The third-order valence-electron chi connectivity index (χ3n) is 6.07. The van der Waals surface area contributed by atoms with Crippen LogP contribution in [0.1, 0.15) is 56.9 Å². The van der Waals surface area contributed by atoms with E-state index in [1.54, 1.807) is 6.92 Å². The number of fused-ring (bicyclic) bond motifs is 4. The highest BCUT2D eigenvalue weighted by Crippen LogP contribution is 2.46. The molecule has 1 aliphatic carbocycles. The molecule has 0 saturated heterocycles. The van der Waals surface area contributed by atoms with E-state index in [1.165, 1.54) is 28.2 Å². The van der Waals surface area contributed by atoms with Crippen LogP contribution in [0.2, 0.25) is 0 Å². The van der Waals surface area contributed by atoms with Gasteiger partial charge in [0.15, 0.2) is 0 Å². The second-order valence-corrected chi connectivity index (χ2v) is 11.1. The van der Waals surface area contributed by atoms with Crippen molar-refractivity contribution < 1.29 is 14.3 Å². The van der Waals surface area contributed by atoms with Gasteiger partial charge in [-0.25, -0.2) is 9.78 Å². The molecule has 0 radical (unpaired) electrons. The standard InChI is InChI=1S/C27H27N3O3S2/c1-4-33-27(32)21-20-17-8-6-5-7-15(17)9-12-19(20)34-26(21)30-24(31)23-22(28)18-11-10-16(13-14(2)3)29-25(18)35-23/h5-8,10-11,14H,4,9,12-13,28H2,1-3H3,(H,30,31). The second kappa shape index (κ2) is 9.43. The van der Waals surface area contributed by atoms with Crippen LogP contribution in [0.5, 0.6) is 0 Å². The van der Waals surface area contributed by atoms with Gasteiger partial charge in [0, 0.05) is 21.5 Å². The molecule has 5 rings (SSSR count). The number of aromatic nitrogens is 1. The average Bonchev–Trinajstić information content (AvgIpc) is 3.36. The Bertz CT molecular complexity index is 1450. The van der Waals surface area contributed by atoms with Gasteiger partial charge < -0.3 is 15.8 Å². The van der Waals surface area contributed by atoms with Crippen LogP contribution in [0.3, 0.4) is 0 Å². The van der Waals surface area contributed by atoms with Crippen molar-refractivity contribution in [3.8, 4) is 11.1 Å². The molecule has 3 heterocycles. The minimum Gasteiger partial charge on any atom is -0.462 e. The number of thiophene rings is 2. The van der Waals surface area contributed by atoms with Crippen molar-refractivity contribution in [1.82, 2.24) is 4.98 Å². The Morgan fingerprint density at radius 2 is 1.94 bits per heavy atom. The topological polar surface area (TPSA) is 94.3 Å². The molecule has 8 heteroatoms. The largest absolute Gasteiger partial charge is 0.462 e. The van der Waals surface area contributed by atoms with Gasteiger partial charge in [-0.15, -0.1) is 22.7 Å². The summed E-state index contributed by atoms with van der Waals surface area (Å²) in [4.78, 5) is 33.4. The SMILES string of the molecule is CCOC(=O)c1c(NC(=O)c2sc3nc(CC(C)C)ccc3c2N)sc2c1-c1ccccc1CC2. The van der Waals surface area contributed by atoms with Gasteiger partial charge in [-0.2, -0.15) is 0 Å². The summed E-state index contributed by atoms with van der Waals surface area (Å²) in [5.41, 5.74) is 11.3. The number of aryl methyl sites for hydroxylation is 2. The first-order valence-electron chi connectivity index (χ1n) is 11.8. The summed E-state index contributed by atoms with van der Waals surface area (Å²) < 4.78 is 5.40. The number of rotatable bonds is 6. The summed E-state index contributed by atoms with van der Waals surface area (Å²) in [7, 11) is 0. The molecule has 6 nitrogen and oxygen atoms in total. The molecule has 0 saturated carbocycles. The quantitative estimate of drug-likeness (QED) is 0.299. The number of carbonyl (C=O) groups excluding carboxylic acids is 2. The molecular formula is C27H27N3O3S2. The second-order valence-electron chi connectivity index (χ2n) is 9.03. The maximum Gasteiger partial charge on any atom is 0.341 e. The minimum atomic E-state index is -0.429. The zero-order valence-corrected chi connectivity index (χ0v) is 21.6. The molecule has 3 aromatic heterocycles. The Morgan fingerprint density at radius 1 is 1.14 bits per heavy atom. The number of esters is 1. The summed E-state index contributed by atoms with van der Waals surface area (Å²) in [5, 5.41) is 4.26. The molecule has 0 bridgehead atoms. The third kappa shape index (κ3) is 4.32. The number of benzene rings is 1. The van der Waals surface area contributed by atoms with Gasteiger partial charge in [0.05, 0.1) is 12.3 Å². The van der Waals surface area contributed by atoms with Crippen molar-refractivity contribution >= 4 is 55.5 Å². The number of carbonyl (C=O) groups is 2. The maximum absolute atomic E-state index is 13.4. The molecule has 0 spiro atoms. The lowest BCUT2D eigenvalue weighted by Crippen LogP contribution is -2.15. The van der Waals surface area contributed by atoms with Gasteiger partial charge in [-0.05, 0) is 55.4 Å². The first-order chi connectivity index (χ1) is 16.9. The molecule has 0 unspecified atom stereocenters. The lowest BCUT2D eigenvalue weighted by molar-refractivity contribution is 0.0529. The van der Waals surface area contributed by atoms with Gasteiger partial charge in [0.2, 0.25) is 0 Å². The number of nitrogens with one attached hydrogen (secondary N) is 1.